The van der Waals surface area contributed by atoms with Gasteiger partial charge in [0.2, 0.25) is 5.91 Å². The molecule has 110 valence electrons. The highest BCUT2D eigenvalue weighted by Crippen LogP contribution is 2.48. The second-order valence-corrected chi connectivity index (χ2v) is 6.62. The van der Waals surface area contributed by atoms with Gasteiger partial charge in [-0.25, -0.2) is 0 Å². The lowest BCUT2D eigenvalue weighted by Crippen LogP contribution is -2.45. The van der Waals surface area contributed by atoms with Crippen molar-refractivity contribution in [1.29, 1.82) is 0 Å². The molecule has 4 heteroatoms. The third-order valence-corrected chi connectivity index (χ3v) is 4.95. The van der Waals surface area contributed by atoms with Crippen molar-refractivity contribution in [1.82, 2.24) is 5.32 Å². The van der Waals surface area contributed by atoms with Crippen LogP contribution in [0.3, 0.4) is 0 Å². The monoisotopic (exact) mass is 339 g/mol. The zero-order chi connectivity index (χ0) is 14.8. The van der Waals surface area contributed by atoms with E-state index in [2.05, 4.69) is 21.2 Å². The van der Waals surface area contributed by atoms with E-state index in [9.17, 15) is 9.90 Å². The molecule has 1 aromatic rings. The summed E-state index contributed by atoms with van der Waals surface area (Å²) >= 11 is 3.45. The van der Waals surface area contributed by atoms with E-state index in [0.29, 0.717) is 19.4 Å². The molecule has 1 aliphatic carbocycles. The quantitative estimate of drug-likeness (QED) is 0.836. The van der Waals surface area contributed by atoms with Crippen LogP contribution in [0.25, 0.3) is 0 Å². The van der Waals surface area contributed by atoms with Gasteiger partial charge in [-0.1, -0.05) is 41.9 Å². The molecular weight excluding hydrogens is 318 g/mol. The van der Waals surface area contributed by atoms with Crippen LogP contribution >= 0.6 is 15.9 Å². The number of nitrogens with one attached hydrogen (secondary N) is 1. The first kappa shape index (κ1) is 15.5. The van der Waals surface area contributed by atoms with Crippen molar-refractivity contribution in [3.63, 3.8) is 0 Å². The van der Waals surface area contributed by atoms with E-state index in [1.54, 1.807) is 0 Å². The third-order valence-electron chi connectivity index (χ3n) is 4.46. The zero-order valence-corrected chi connectivity index (χ0v) is 13.7. The van der Waals surface area contributed by atoms with Crippen LogP contribution in [0, 0.1) is 0 Å². The maximum atomic E-state index is 12.5. The first-order valence-electron chi connectivity index (χ1n) is 7.22. The van der Waals surface area contributed by atoms with E-state index in [0.717, 1.165) is 22.9 Å². The molecule has 0 atom stereocenters. The fourth-order valence-corrected chi connectivity index (χ4v) is 2.87. The maximum Gasteiger partial charge on any atom is 0.230 e. The van der Waals surface area contributed by atoms with Crippen LogP contribution in [0.2, 0.25) is 0 Å². The number of benzene rings is 1. The number of hydrogen-bond donors (Lipinski definition) is 2. The number of carbonyl (C=O) groups is 1. The first-order chi connectivity index (χ1) is 9.46. The van der Waals surface area contributed by atoms with Crippen molar-refractivity contribution in [2.75, 3.05) is 6.54 Å². The van der Waals surface area contributed by atoms with Gasteiger partial charge in [0, 0.05) is 11.0 Å². The summed E-state index contributed by atoms with van der Waals surface area (Å²) < 4.78 is 0.993. The highest BCUT2D eigenvalue weighted by molar-refractivity contribution is 9.10. The second-order valence-electron chi connectivity index (χ2n) is 5.71. The first-order valence-corrected chi connectivity index (χ1v) is 8.02. The molecule has 1 aliphatic rings. The molecule has 1 fully saturated rings. The minimum atomic E-state index is -0.789. The minimum absolute atomic E-state index is 0.0379. The third kappa shape index (κ3) is 3.07. The van der Waals surface area contributed by atoms with Gasteiger partial charge in [-0.2, -0.15) is 0 Å². The van der Waals surface area contributed by atoms with Crippen LogP contribution in [0.4, 0.5) is 0 Å². The lowest BCUT2D eigenvalue weighted by atomic mass is 9.93. The van der Waals surface area contributed by atoms with Gasteiger partial charge in [-0.3, -0.25) is 4.79 Å². The molecule has 0 aromatic heterocycles. The van der Waals surface area contributed by atoms with E-state index in [-0.39, 0.29) is 11.3 Å². The lowest BCUT2D eigenvalue weighted by molar-refractivity contribution is -0.125. The number of aliphatic hydroxyl groups is 1. The number of amides is 1. The SMILES string of the molecule is CCC(O)(CC)CNC(=O)C1(c2cccc(Br)c2)CC1. The standard InChI is InChI=1S/C16H22BrNO2/c1-3-15(20,4-2)11-18-14(19)16(8-9-16)12-6-5-7-13(17)10-12/h5-7,10,20H,3-4,8-9,11H2,1-2H3,(H,18,19). The topological polar surface area (TPSA) is 49.3 Å². The van der Waals surface area contributed by atoms with Gasteiger partial charge in [0.25, 0.3) is 0 Å². The van der Waals surface area contributed by atoms with Crippen molar-refractivity contribution in [3.8, 4) is 0 Å². The Balaban J connectivity index is 2.06. The number of halogens is 1. The molecule has 20 heavy (non-hydrogen) atoms. The number of hydrogen-bond acceptors (Lipinski definition) is 2. The Morgan fingerprint density at radius 1 is 1.40 bits per heavy atom. The smallest absolute Gasteiger partial charge is 0.230 e. The van der Waals surface area contributed by atoms with Crippen LogP contribution in [-0.2, 0) is 10.2 Å². The van der Waals surface area contributed by atoms with Crippen molar-refractivity contribution >= 4 is 21.8 Å². The minimum Gasteiger partial charge on any atom is -0.388 e. The molecule has 0 saturated heterocycles. The molecule has 2 rings (SSSR count). The Labute approximate surface area is 128 Å². The molecule has 0 radical (unpaired) electrons. The van der Waals surface area contributed by atoms with Crippen LogP contribution in [-0.4, -0.2) is 23.2 Å². The Hall–Kier alpha value is -0.870. The summed E-state index contributed by atoms with van der Waals surface area (Å²) in [5.74, 6) is 0.0379. The van der Waals surface area contributed by atoms with Crippen molar-refractivity contribution in [2.45, 2.75) is 50.5 Å². The summed E-state index contributed by atoms with van der Waals surface area (Å²) in [5.41, 5.74) is -0.115. The normalized spacial score (nSPS) is 16.8. The van der Waals surface area contributed by atoms with E-state index in [4.69, 9.17) is 0 Å². The molecule has 1 aromatic carbocycles. The molecule has 0 bridgehead atoms. The molecule has 3 nitrogen and oxygen atoms in total. The van der Waals surface area contributed by atoms with Gasteiger partial charge in [-0.15, -0.1) is 0 Å². The molecule has 1 amide bonds. The Kier molecular flexibility index (Phi) is 4.55. The van der Waals surface area contributed by atoms with Gasteiger partial charge in [0.05, 0.1) is 11.0 Å². The summed E-state index contributed by atoms with van der Waals surface area (Å²) in [5, 5.41) is 13.2. The summed E-state index contributed by atoms with van der Waals surface area (Å²) in [6, 6.07) is 7.94. The van der Waals surface area contributed by atoms with Crippen molar-refractivity contribution in [3.05, 3.63) is 34.3 Å². The average Bonchev–Trinajstić information content (AvgIpc) is 3.26. The predicted molar refractivity (Wildman–Crippen MR) is 83.6 cm³/mol. The Morgan fingerprint density at radius 2 is 2.05 bits per heavy atom. The summed E-state index contributed by atoms with van der Waals surface area (Å²) in [6.45, 7) is 4.21. The van der Waals surface area contributed by atoms with Crippen LogP contribution < -0.4 is 5.32 Å². The molecule has 0 heterocycles. The Bertz CT molecular complexity index is 493. The molecule has 1 saturated carbocycles. The van der Waals surface area contributed by atoms with Crippen LogP contribution in [0.15, 0.2) is 28.7 Å². The van der Waals surface area contributed by atoms with Gasteiger partial charge < -0.3 is 10.4 Å². The fraction of sp³-hybridized carbons (Fsp3) is 0.562. The van der Waals surface area contributed by atoms with Crippen LogP contribution in [0.1, 0.15) is 45.1 Å². The van der Waals surface area contributed by atoms with E-state index in [1.807, 2.05) is 38.1 Å². The van der Waals surface area contributed by atoms with Crippen molar-refractivity contribution < 1.29 is 9.90 Å². The van der Waals surface area contributed by atoms with Gasteiger partial charge in [0.1, 0.15) is 0 Å². The maximum absolute atomic E-state index is 12.5. The lowest BCUT2D eigenvalue weighted by Gasteiger charge is -2.27. The molecule has 0 aliphatic heterocycles. The Morgan fingerprint density at radius 3 is 2.55 bits per heavy atom. The molecule has 0 unspecified atom stereocenters. The molecule has 2 N–H and O–H groups in total. The molecule has 0 spiro atoms. The van der Waals surface area contributed by atoms with Gasteiger partial charge >= 0.3 is 0 Å². The fourth-order valence-electron chi connectivity index (χ4n) is 2.47. The highest BCUT2D eigenvalue weighted by Gasteiger charge is 2.51. The number of rotatable bonds is 6. The predicted octanol–water partition coefficient (Wildman–Crippen LogP) is 3.15. The van der Waals surface area contributed by atoms with E-state index < -0.39 is 5.60 Å². The van der Waals surface area contributed by atoms with E-state index in [1.165, 1.54) is 0 Å². The number of carbonyl (C=O) groups excluding carboxylic acids is 1. The molecular formula is C16H22BrNO2. The van der Waals surface area contributed by atoms with Gasteiger partial charge in [0.15, 0.2) is 0 Å². The zero-order valence-electron chi connectivity index (χ0n) is 12.1. The summed E-state index contributed by atoms with van der Waals surface area (Å²) in [7, 11) is 0. The van der Waals surface area contributed by atoms with E-state index >= 15 is 0 Å². The average molecular weight is 340 g/mol. The highest BCUT2D eigenvalue weighted by atomic mass is 79.9. The van der Waals surface area contributed by atoms with Crippen molar-refractivity contribution in [2.24, 2.45) is 0 Å². The van der Waals surface area contributed by atoms with Crippen LogP contribution in [0.5, 0.6) is 0 Å². The van der Waals surface area contributed by atoms with Gasteiger partial charge in [-0.05, 0) is 43.4 Å². The second kappa shape index (κ2) is 5.86. The largest absolute Gasteiger partial charge is 0.388 e. The summed E-state index contributed by atoms with van der Waals surface area (Å²) in [6.07, 6.45) is 3.05. The summed E-state index contributed by atoms with van der Waals surface area (Å²) in [4.78, 5) is 12.5.